The van der Waals surface area contributed by atoms with Crippen molar-refractivity contribution in [3.8, 4) is 5.75 Å². The molecule has 0 spiro atoms. The molecular formula is C13H19F2NO. The highest BCUT2D eigenvalue weighted by Crippen LogP contribution is 2.17. The van der Waals surface area contributed by atoms with Crippen molar-refractivity contribution in [2.75, 3.05) is 13.2 Å². The van der Waals surface area contributed by atoms with Gasteiger partial charge in [-0.15, -0.1) is 0 Å². The highest BCUT2D eigenvalue weighted by molar-refractivity contribution is 5.24. The highest BCUT2D eigenvalue weighted by atomic mass is 19.1. The lowest BCUT2D eigenvalue weighted by atomic mass is 10.2. The summed E-state index contributed by atoms with van der Waals surface area (Å²) < 4.78 is 31.0. The van der Waals surface area contributed by atoms with Crippen LogP contribution in [0.2, 0.25) is 0 Å². The van der Waals surface area contributed by atoms with Crippen molar-refractivity contribution in [1.82, 2.24) is 5.32 Å². The van der Waals surface area contributed by atoms with Crippen LogP contribution in [0, 0.1) is 11.6 Å². The molecule has 0 unspecified atom stereocenters. The molecule has 0 atom stereocenters. The first-order valence-electron chi connectivity index (χ1n) is 5.98. The molecule has 0 heterocycles. The molecule has 0 aromatic heterocycles. The van der Waals surface area contributed by atoms with Crippen molar-refractivity contribution in [1.29, 1.82) is 0 Å². The quantitative estimate of drug-likeness (QED) is 0.743. The van der Waals surface area contributed by atoms with Crippen molar-refractivity contribution < 1.29 is 13.5 Å². The summed E-state index contributed by atoms with van der Waals surface area (Å²) in [6.07, 6.45) is 2.11. The van der Waals surface area contributed by atoms with Crippen LogP contribution < -0.4 is 10.1 Å². The standard InChI is InChI=1S/C13H19F2NO/c1-3-11(4-2)16-7-8-17-13-6-5-10(14)9-12(13)15/h5-6,9,11,16H,3-4,7-8H2,1-2H3. The van der Waals surface area contributed by atoms with Gasteiger partial charge in [0.1, 0.15) is 12.4 Å². The minimum absolute atomic E-state index is 0.0951. The van der Waals surface area contributed by atoms with Gasteiger partial charge in [-0.2, -0.15) is 0 Å². The average Bonchev–Trinajstić information content (AvgIpc) is 2.32. The van der Waals surface area contributed by atoms with Crippen molar-refractivity contribution in [3.05, 3.63) is 29.8 Å². The molecule has 0 saturated carbocycles. The molecule has 2 nitrogen and oxygen atoms in total. The fraction of sp³-hybridized carbons (Fsp3) is 0.538. The molecule has 1 aromatic carbocycles. The molecule has 0 aliphatic carbocycles. The highest BCUT2D eigenvalue weighted by Gasteiger charge is 2.05. The second-order valence-corrected chi connectivity index (χ2v) is 3.89. The van der Waals surface area contributed by atoms with E-state index in [2.05, 4.69) is 19.2 Å². The van der Waals surface area contributed by atoms with E-state index in [4.69, 9.17) is 4.74 Å². The maximum Gasteiger partial charge on any atom is 0.167 e. The molecule has 0 amide bonds. The van der Waals surface area contributed by atoms with Gasteiger partial charge >= 0.3 is 0 Å². The fourth-order valence-corrected chi connectivity index (χ4v) is 1.59. The molecule has 0 radical (unpaired) electrons. The topological polar surface area (TPSA) is 21.3 Å². The number of halogens is 2. The number of hydrogen-bond acceptors (Lipinski definition) is 2. The third-order valence-electron chi connectivity index (χ3n) is 2.67. The summed E-state index contributed by atoms with van der Waals surface area (Å²) in [5.41, 5.74) is 0. The number of rotatable bonds is 7. The predicted octanol–water partition coefficient (Wildman–Crippen LogP) is 3.12. The Morgan fingerprint density at radius 1 is 1.24 bits per heavy atom. The van der Waals surface area contributed by atoms with Crippen LogP contribution in [0.4, 0.5) is 8.78 Å². The largest absolute Gasteiger partial charge is 0.489 e. The van der Waals surface area contributed by atoms with E-state index in [0.717, 1.165) is 18.9 Å². The minimum Gasteiger partial charge on any atom is -0.489 e. The van der Waals surface area contributed by atoms with Gasteiger partial charge in [0.15, 0.2) is 11.6 Å². The lowest BCUT2D eigenvalue weighted by Crippen LogP contribution is -2.31. The zero-order valence-corrected chi connectivity index (χ0v) is 10.3. The molecule has 0 aliphatic heterocycles. The molecule has 0 saturated heterocycles. The Kier molecular flexibility index (Phi) is 5.91. The Bertz CT molecular complexity index is 340. The van der Waals surface area contributed by atoms with Crippen molar-refractivity contribution in [2.45, 2.75) is 32.7 Å². The Morgan fingerprint density at radius 3 is 2.53 bits per heavy atom. The Labute approximate surface area is 101 Å². The first-order valence-corrected chi connectivity index (χ1v) is 5.98. The molecule has 4 heteroatoms. The van der Waals surface area contributed by atoms with Crippen LogP contribution in [0.15, 0.2) is 18.2 Å². The maximum absolute atomic E-state index is 13.2. The van der Waals surface area contributed by atoms with Crippen molar-refractivity contribution >= 4 is 0 Å². The van der Waals surface area contributed by atoms with E-state index in [-0.39, 0.29) is 5.75 Å². The van der Waals surface area contributed by atoms with Gasteiger partial charge in [-0.3, -0.25) is 0 Å². The number of nitrogens with one attached hydrogen (secondary N) is 1. The number of hydrogen-bond donors (Lipinski definition) is 1. The van der Waals surface area contributed by atoms with E-state index in [1.54, 1.807) is 0 Å². The zero-order valence-electron chi connectivity index (χ0n) is 10.3. The second kappa shape index (κ2) is 7.22. The van der Waals surface area contributed by atoms with Gasteiger partial charge in [0.2, 0.25) is 0 Å². The lowest BCUT2D eigenvalue weighted by molar-refractivity contribution is 0.288. The second-order valence-electron chi connectivity index (χ2n) is 3.89. The van der Waals surface area contributed by atoms with Crippen LogP contribution in [0.3, 0.4) is 0 Å². The van der Waals surface area contributed by atoms with Crippen LogP contribution in [-0.4, -0.2) is 19.2 Å². The van der Waals surface area contributed by atoms with Crippen LogP contribution in [0.1, 0.15) is 26.7 Å². The summed E-state index contributed by atoms with van der Waals surface area (Å²) in [4.78, 5) is 0. The van der Waals surface area contributed by atoms with Crippen LogP contribution in [-0.2, 0) is 0 Å². The summed E-state index contributed by atoms with van der Waals surface area (Å²) in [6, 6.07) is 3.79. The number of benzene rings is 1. The summed E-state index contributed by atoms with van der Waals surface area (Å²) in [5.74, 6) is -1.16. The maximum atomic E-state index is 13.2. The molecule has 0 fully saturated rings. The summed E-state index contributed by atoms with van der Waals surface area (Å²) in [6.45, 7) is 5.26. The monoisotopic (exact) mass is 243 g/mol. The van der Waals surface area contributed by atoms with Gasteiger partial charge in [0.05, 0.1) is 0 Å². The van der Waals surface area contributed by atoms with Gasteiger partial charge in [-0.25, -0.2) is 8.78 Å². The number of ether oxygens (including phenoxy) is 1. The normalized spacial score (nSPS) is 10.9. The lowest BCUT2D eigenvalue weighted by Gasteiger charge is -2.15. The SMILES string of the molecule is CCC(CC)NCCOc1ccc(F)cc1F. The van der Waals surface area contributed by atoms with Crippen molar-refractivity contribution in [2.24, 2.45) is 0 Å². The van der Waals surface area contributed by atoms with E-state index in [9.17, 15) is 8.78 Å². The molecular weight excluding hydrogens is 224 g/mol. The van der Waals surface area contributed by atoms with Gasteiger partial charge in [0.25, 0.3) is 0 Å². The van der Waals surface area contributed by atoms with E-state index < -0.39 is 11.6 Å². The third kappa shape index (κ3) is 4.69. The Hall–Kier alpha value is -1.16. The molecule has 1 N–H and O–H groups in total. The first-order chi connectivity index (χ1) is 8.17. The van der Waals surface area contributed by atoms with Crippen LogP contribution in [0.5, 0.6) is 5.75 Å². The van der Waals surface area contributed by atoms with E-state index in [1.807, 2.05) is 0 Å². The predicted molar refractivity (Wildman–Crippen MR) is 64.2 cm³/mol. The summed E-state index contributed by atoms with van der Waals surface area (Å²) in [5, 5.41) is 3.30. The molecule has 1 aromatic rings. The summed E-state index contributed by atoms with van der Waals surface area (Å²) in [7, 11) is 0. The molecule has 0 bridgehead atoms. The first kappa shape index (κ1) is 13.9. The van der Waals surface area contributed by atoms with Crippen LogP contribution in [0.25, 0.3) is 0 Å². The minimum atomic E-state index is -0.660. The Balaban J connectivity index is 2.31. The zero-order chi connectivity index (χ0) is 12.7. The van der Waals surface area contributed by atoms with Crippen molar-refractivity contribution in [3.63, 3.8) is 0 Å². The third-order valence-corrected chi connectivity index (χ3v) is 2.67. The fourth-order valence-electron chi connectivity index (χ4n) is 1.59. The van der Waals surface area contributed by atoms with Gasteiger partial charge < -0.3 is 10.1 Å². The average molecular weight is 243 g/mol. The molecule has 1 rings (SSSR count). The van der Waals surface area contributed by atoms with Crippen LogP contribution >= 0.6 is 0 Å². The smallest absolute Gasteiger partial charge is 0.167 e. The van der Waals surface area contributed by atoms with E-state index >= 15 is 0 Å². The van der Waals surface area contributed by atoms with Gasteiger partial charge in [-0.05, 0) is 25.0 Å². The summed E-state index contributed by atoms with van der Waals surface area (Å²) >= 11 is 0. The molecule has 0 aliphatic rings. The Morgan fingerprint density at radius 2 is 1.94 bits per heavy atom. The van der Waals surface area contributed by atoms with E-state index in [1.165, 1.54) is 12.1 Å². The molecule has 96 valence electrons. The van der Waals surface area contributed by atoms with E-state index in [0.29, 0.717) is 19.2 Å². The van der Waals surface area contributed by atoms with Gasteiger partial charge in [-0.1, -0.05) is 13.8 Å². The van der Waals surface area contributed by atoms with Gasteiger partial charge in [0, 0.05) is 18.7 Å². The molecule has 17 heavy (non-hydrogen) atoms.